The van der Waals surface area contributed by atoms with Crippen molar-refractivity contribution >= 4 is 5.91 Å². The highest BCUT2D eigenvalue weighted by Crippen LogP contribution is 2.16. The number of hydrogen-bond donors (Lipinski definition) is 1. The number of hydrogen-bond acceptors (Lipinski definition) is 4. The summed E-state index contributed by atoms with van der Waals surface area (Å²) in [6.07, 6.45) is 5.89. The second-order valence-corrected chi connectivity index (χ2v) is 5.66. The van der Waals surface area contributed by atoms with E-state index < -0.39 is 0 Å². The minimum absolute atomic E-state index is 0.0758. The molecule has 0 aliphatic carbocycles. The van der Waals surface area contributed by atoms with E-state index in [9.17, 15) is 4.79 Å². The maximum Gasteiger partial charge on any atom is 0.274 e. The summed E-state index contributed by atoms with van der Waals surface area (Å²) in [6, 6.07) is 7.84. The van der Waals surface area contributed by atoms with Crippen LogP contribution in [0.1, 0.15) is 35.1 Å². The van der Waals surface area contributed by atoms with Gasteiger partial charge in [0, 0.05) is 26.0 Å². The largest absolute Gasteiger partial charge is 0.334 e. The molecule has 116 valence electrons. The summed E-state index contributed by atoms with van der Waals surface area (Å²) in [7, 11) is 1.78. The third-order valence-corrected chi connectivity index (χ3v) is 3.94. The molecule has 0 bridgehead atoms. The lowest BCUT2D eigenvalue weighted by Crippen LogP contribution is -2.32. The number of carbonyl (C=O) groups is 1. The summed E-state index contributed by atoms with van der Waals surface area (Å²) < 4.78 is 1.91. The summed E-state index contributed by atoms with van der Waals surface area (Å²) in [5.41, 5.74) is 1.36. The van der Waals surface area contributed by atoms with Crippen molar-refractivity contribution in [1.82, 2.24) is 25.0 Å². The van der Waals surface area contributed by atoms with Gasteiger partial charge in [-0.1, -0.05) is 6.07 Å². The molecule has 1 N–H and O–H groups in total. The molecule has 0 aromatic carbocycles. The van der Waals surface area contributed by atoms with Crippen LogP contribution in [0.25, 0.3) is 0 Å². The van der Waals surface area contributed by atoms with Gasteiger partial charge in [0.15, 0.2) is 0 Å². The van der Waals surface area contributed by atoms with Gasteiger partial charge in [0.2, 0.25) is 0 Å². The van der Waals surface area contributed by atoms with E-state index in [-0.39, 0.29) is 5.91 Å². The molecule has 1 aliphatic rings. The lowest BCUT2D eigenvalue weighted by atomic mass is 10.1. The Kier molecular flexibility index (Phi) is 4.48. The number of nitrogens with one attached hydrogen (secondary N) is 1. The molecule has 0 spiro atoms. The molecule has 2 aromatic rings. The Labute approximate surface area is 130 Å². The van der Waals surface area contributed by atoms with E-state index in [1.807, 2.05) is 29.1 Å². The monoisotopic (exact) mass is 299 g/mol. The number of amides is 1. The van der Waals surface area contributed by atoms with Crippen LogP contribution in [0.5, 0.6) is 0 Å². The van der Waals surface area contributed by atoms with Crippen molar-refractivity contribution in [2.75, 3.05) is 20.1 Å². The van der Waals surface area contributed by atoms with Crippen LogP contribution < -0.4 is 5.32 Å². The Bertz CT molecular complexity index is 618. The van der Waals surface area contributed by atoms with Crippen LogP contribution in [0.3, 0.4) is 0 Å². The van der Waals surface area contributed by atoms with Gasteiger partial charge in [0.05, 0.1) is 18.3 Å². The molecule has 6 heteroatoms. The molecule has 0 radical (unpaired) electrons. The zero-order valence-electron chi connectivity index (χ0n) is 12.8. The van der Waals surface area contributed by atoms with E-state index >= 15 is 0 Å². The highest BCUT2D eigenvalue weighted by molar-refractivity contribution is 5.91. The van der Waals surface area contributed by atoms with E-state index in [0.717, 1.165) is 31.6 Å². The zero-order valence-corrected chi connectivity index (χ0v) is 12.8. The van der Waals surface area contributed by atoms with Crippen LogP contribution in [0.15, 0.2) is 36.7 Å². The van der Waals surface area contributed by atoms with Gasteiger partial charge >= 0.3 is 0 Å². The molecule has 1 amide bonds. The molecular weight excluding hydrogens is 278 g/mol. The highest BCUT2D eigenvalue weighted by Gasteiger charge is 2.19. The predicted molar refractivity (Wildman–Crippen MR) is 83.4 cm³/mol. The van der Waals surface area contributed by atoms with Crippen LogP contribution in [0, 0.1) is 0 Å². The summed E-state index contributed by atoms with van der Waals surface area (Å²) in [4.78, 5) is 18.3. The predicted octanol–water partition coefficient (Wildman–Crippen LogP) is 1.47. The maximum absolute atomic E-state index is 12.5. The average Bonchev–Trinajstić information content (AvgIpc) is 3.06. The van der Waals surface area contributed by atoms with Crippen molar-refractivity contribution in [3.8, 4) is 0 Å². The number of aromatic nitrogens is 3. The number of carbonyl (C=O) groups excluding carboxylic acids is 1. The molecule has 22 heavy (non-hydrogen) atoms. The first kappa shape index (κ1) is 14.7. The molecule has 3 rings (SSSR count). The van der Waals surface area contributed by atoms with Gasteiger partial charge in [-0.15, -0.1) is 0 Å². The first-order chi connectivity index (χ1) is 10.7. The van der Waals surface area contributed by atoms with Crippen LogP contribution in [0.2, 0.25) is 0 Å². The second kappa shape index (κ2) is 6.70. The minimum Gasteiger partial charge on any atom is -0.334 e. The fourth-order valence-electron chi connectivity index (χ4n) is 2.72. The van der Waals surface area contributed by atoms with Gasteiger partial charge in [-0.3, -0.25) is 14.5 Å². The van der Waals surface area contributed by atoms with Crippen molar-refractivity contribution in [3.63, 3.8) is 0 Å². The summed E-state index contributed by atoms with van der Waals surface area (Å²) in [5, 5.41) is 7.82. The van der Waals surface area contributed by atoms with Gasteiger partial charge in [-0.2, -0.15) is 5.10 Å². The van der Waals surface area contributed by atoms with Crippen molar-refractivity contribution in [2.24, 2.45) is 0 Å². The lowest BCUT2D eigenvalue weighted by Gasteiger charge is -2.23. The Morgan fingerprint density at radius 1 is 1.45 bits per heavy atom. The minimum atomic E-state index is -0.0758. The first-order valence-corrected chi connectivity index (χ1v) is 7.65. The van der Waals surface area contributed by atoms with Crippen LogP contribution in [0.4, 0.5) is 0 Å². The maximum atomic E-state index is 12.5. The molecule has 1 atom stereocenters. The van der Waals surface area contributed by atoms with E-state index in [1.54, 1.807) is 24.2 Å². The van der Waals surface area contributed by atoms with Crippen LogP contribution >= 0.6 is 0 Å². The average molecular weight is 299 g/mol. The normalized spacial score (nSPS) is 18.1. The van der Waals surface area contributed by atoms with E-state index in [2.05, 4.69) is 15.4 Å². The van der Waals surface area contributed by atoms with Gasteiger partial charge in [0.25, 0.3) is 5.91 Å². The Morgan fingerprint density at radius 2 is 2.36 bits per heavy atom. The Balaban J connectivity index is 1.65. The number of rotatable bonds is 4. The molecule has 0 unspecified atom stereocenters. The van der Waals surface area contributed by atoms with E-state index in [1.165, 1.54) is 0 Å². The summed E-state index contributed by atoms with van der Waals surface area (Å²) >= 11 is 0. The van der Waals surface area contributed by atoms with Crippen LogP contribution in [-0.4, -0.2) is 45.7 Å². The smallest absolute Gasteiger partial charge is 0.274 e. The molecule has 2 aromatic heterocycles. The molecule has 1 saturated heterocycles. The third-order valence-electron chi connectivity index (χ3n) is 3.94. The van der Waals surface area contributed by atoms with Gasteiger partial charge in [-0.05, 0) is 37.6 Å². The molecule has 3 heterocycles. The summed E-state index contributed by atoms with van der Waals surface area (Å²) in [5.74, 6) is -0.0758. The number of piperidine rings is 1. The third kappa shape index (κ3) is 3.33. The second-order valence-electron chi connectivity index (χ2n) is 5.66. The molecule has 1 fully saturated rings. The molecule has 1 aliphatic heterocycles. The highest BCUT2D eigenvalue weighted by atomic mass is 16.2. The number of pyridine rings is 1. The standard InChI is InChI=1S/C16H21N5O/c1-20(12-13-5-2-3-9-18-13)16(22)15-7-10-21(19-15)14-6-4-8-17-11-14/h2-3,5,7,9-10,14,17H,4,6,8,11-12H2,1H3/t14-/m1/s1. The molecular formula is C16H21N5O. The molecule has 0 saturated carbocycles. The van der Waals surface area contributed by atoms with Gasteiger partial charge in [0.1, 0.15) is 5.69 Å². The Hall–Kier alpha value is -2.21. The van der Waals surface area contributed by atoms with Crippen molar-refractivity contribution in [1.29, 1.82) is 0 Å². The van der Waals surface area contributed by atoms with Crippen molar-refractivity contribution < 1.29 is 4.79 Å². The quantitative estimate of drug-likeness (QED) is 0.929. The Morgan fingerprint density at radius 3 is 3.09 bits per heavy atom. The molecule has 6 nitrogen and oxygen atoms in total. The summed E-state index contributed by atoms with van der Waals surface area (Å²) in [6.45, 7) is 2.47. The number of nitrogens with zero attached hydrogens (tertiary/aromatic N) is 4. The van der Waals surface area contributed by atoms with E-state index in [0.29, 0.717) is 18.3 Å². The van der Waals surface area contributed by atoms with Crippen molar-refractivity contribution in [3.05, 3.63) is 48.0 Å². The van der Waals surface area contributed by atoms with Gasteiger partial charge < -0.3 is 10.2 Å². The van der Waals surface area contributed by atoms with Gasteiger partial charge in [-0.25, -0.2) is 0 Å². The zero-order chi connectivity index (χ0) is 15.4. The fraction of sp³-hybridized carbons (Fsp3) is 0.438. The topological polar surface area (TPSA) is 63.1 Å². The lowest BCUT2D eigenvalue weighted by molar-refractivity contribution is 0.0776. The van der Waals surface area contributed by atoms with Crippen molar-refractivity contribution in [2.45, 2.75) is 25.4 Å². The SMILES string of the molecule is CN(Cc1ccccn1)C(=O)c1ccn([C@@H]2CCCNC2)n1. The fourth-order valence-corrected chi connectivity index (χ4v) is 2.72. The van der Waals surface area contributed by atoms with E-state index in [4.69, 9.17) is 0 Å². The first-order valence-electron chi connectivity index (χ1n) is 7.65. The van der Waals surface area contributed by atoms with Crippen LogP contribution in [-0.2, 0) is 6.54 Å².